The molecule has 4 rings (SSSR count). The van der Waals surface area contributed by atoms with Crippen LogP contribution < -0.4 is 4.74 Å². The number of methoxy groups -OCH3 is 1. The van der Waals surface area contributed by atoms with E-state index >= 15 is 0 Å². The number of aliphatic hydroxyl groups is 1. The maximum atomic E-state index is 11.5. The lowest BCUT2D eigenvalue weighted by Gasteiger charge is -2.40. The van der Waals surface area contributed by atoms with Gasteiger partial charge in [0.25, 0.3) is 0 Å². The summed E-state index contributed by atoms with van der Waals surface area (Å²) in [6, 6.07) is 4.26. The molecule has 2 heteroatoms. The molecule has 1 aromatic carbocycles. The van der Waals surface area contributed by atoms with Crippen molar-refractivity contribution >= 4 is 0 Å². The Balaban J connectivity index is 1.79. The third-order valence-corrected chi connectivity index (χ3v) is 6.84. The monoisotopic (exact) mass is 286 g/mol. The van der Waals surface area contributed by atoms with Crippen LogP contribution >= 0.6 is 0 Å². The van der Waals surface area contributed by atoms with E-state index in [1.54, 1.807) is 7.11 Å². The van der Waals surface area contributed by atoms with E-state index in [-0.39, 0.29) is 0 Å². The highest BCUT2D eigenvalue weighted by Crippen LogP contribution is 2.66. The SMILES string of the molecule is COc1c(C2(O)CC3CC2C2CCCC32)ccc(C)c1C. The fraction of sp³-hybridized carbons (Fsp3) is 0.684. The first kappa shape index (κ1) is 13.6. The van der Waals surface area contributed by atoms with Crippen LogP contribution in [0.4, 0.5) is 0 Å². The van der Waals surface area contributed by atoms with Crippen LogP contribution in [0.3, 0.4) is 0 Å². The molecular weight excluding hydrogens is 260 g/mol. The van der Waals surface area contributed by atoms with Gasteiger partial charge in [-0.15, -0.1) is 0 Å². The summed E-state index contributed by atoms with van der Waals surface area (Å²) in [7, 11) is 1.74. The van der Waals surface area contributed by atoms with Gasteiger partial charge in [0, 0.05) is 5.56 Å². The van der Waals surface area contributed by atoms with E-state index < -0.39 is 5.60 Å². The van der Waals surface area contributed by atoms with E-state index in [0.717, 1.165) is 35.5 Å². The minimum atomic E-state index is -0.653. The lowest BCUT2D eigenvalue weighted by atomic mass is 9.69. The molecule has 21 heavy (non-hydrogen) atoms. The molecule has 1 N–H and O–H groups in total. The molecule has 0 amide bonds. The van der Waals surface area contributed by atoms with Crippen molar-refractivity contribution in [3.05, 3.63) is 28.8 Å². The Morgan fingerprint density at radius 3 is 2.71 bits per heavy atom. The van der Waals surface area contributed by atoms with Crippen molar-refractivity contribution in [1.29, 1.82) is 0 Å². The molecule has 1 aromatic rings. The maximum Gasteiger partial charge on any atom is 0.128 e. The summed E-state index contributed by atoms with van der Waals surface area (Å²) in [5.74, 6) is 3.75. The van der Waals surface area contributed by atoms with Crippen LogP contribution in [0.5, 0.6) is 5.75 Å². The molecule has 2 nitrogen and oxygen atoms in total. The summed E-state index contributed by atoms with van der Waals surface area (Å²) in [5.41, 5.74) is 2.81. The zero-order valence-electron chi connectivity index (χ0n) is 13.4. The van der Waals surface area contributed by atoms with Gasteiger partial charge in [-0.05, 0) is 74.3 Å². The molecule has 0 spiro atoms. The van der Waals surface area contributed by atoms with Crippen molar-refractivity contribution in [2.45, 2.75) is 51.6 Å². The largest absolute Gasteiger partial charge is 0.496 e. The van der Waals surface area contributed by atoms with Crippen molar-refractivity contribution in [2.75, 3.05) is 7.11 Å². The molecule has 3 fully saturated rings. The first-order valence-corrected chi connectivity index (χ1v) is 8.43. The number of ether oxygens (including phenoxy) is 1. The Hall–Kier alpha value is -1.02. The minimum absolute atomic E-state index is 0.450. The highest BCUT2D eigenvalue weighted by atomic mass is 16.5. The zero-order chi connectivity index (χ0) is 14.8. The van der Waals surface area contributed by atoms with Gasteiger partial charge in [0.05, 0.1) is 12.7 Å². The molecule has 0 aliphatic heterocycles. The molecule has 0 heterocycles. The van der Waals surface area contributed by atoms with Crippen molar-refractivity contribution in [2.24, 2.45) is 23.7 Å². The lowest BCUT2D eigenvalue weighted by molar-refractivity contribution is -0.0527. The summed E-state index contributed by atoms with van der Waals surface area (Å²) in [5, 5.41) is 11.5. The molecule has 114 valence electrons. The fourth-order valence-corrected chi connectivity index (χ4v) is 5.82. The van der Waals surface area contributed by atoms with Crippen LogP contribution in [0.2, 0.25) is 0 Å². The fourth-order valence-electron chi connectivity index (χ4n) is 5.82. The molecule has 3 saturated carbocycles. The van der Waals surface area contributed by atoms with E-state index in [1.807, 2.05) is 0 Å². The van der Waals surface area contributed by atoms with Crippen LogP contribution in [0, 0.1) is 37.5 Å². The van der Waals surface area contributed by atoms with Crippen molar-refractivity contribution in [1.82, 2.24) is 0 Å². The van der Waals surface area contributed by atoms with Crippen LogP contribution in [-0.2, 0) is 5.60 Å². The molecule has 0 saturated heterocycles. The van der Waals surface area contributed by atoms with Crippen LogP contribution in [0.25, 0.3) is 0 Å². The Labute approximate surface area is 127 Å². The second-order valence-corrected chi connectivity index (χ2v) is 7.58. The Morgan fingerprint density at radius 2 is 1.95 bits per heavy atom. The molecule has 3 aliphatic rings. The summed E-state index contributed by atoms with van der Waals surface area (Å²) >= 11 is 0. The average molecular weight is 286 g/mol. The smallest absolute Gasteiger partial charge is 0.128 e. The molecule has 3 aliphatic carbocycles. The number of hydrogen-bond donors (Lipinski definition) is 1. The van der Waals surface area contributed by atoms with Gasteiger partial charge in [-0.2, -0.15) is 0 Å². The first-order valence-electron chi connectivity index (χ1n) is 8.43. The topological polar surface area (TPSA) is 29.5 Å². The number of rotatable bonds is 2. The van der Waals surface area contributed by atoms with Gasteiger partial charge in [0.15, 0.2) is 0 Å². The standard InChI is InChI=1S/C19H26O2/c1-11-7-8-16(18(21-3)12(11)2)19(20)10-13-9-17(19)15-6-4-5-14(13)15/h7-8,13-15,17,20H,4-6,9-10H2,1-3H3. The molecule has 0 aromatic heterocycles. The highest BCUT2D eigenvalue weighted by Gasteiger charge is 2.61. The average Bonchev–Trinajstić information content (AvgIpc) is 3.12. The van der Waals surface area contributed by atoms with Crippen molar-refractivity contribution in [3.63, 3.8) is 0 Å². The number of aryl methyl sites for hydroxylation is 1. The zero-order valence-corrected chi connectivity index (χ0v) is 13.4. The molecule has 5 atom stereocenters. The van der Waals surface area contributed by atoms with E-state index in [9.17, 15) is 5.11 Å². The second-order valence-electron chi connectivity index (χ2n) is 7.58. The maximum absolute atomic E-state index is 11.5. The number of hydrogen-bond acceptors (Lipinski definition) is 2. The predicted octanol–water partition coefficient (Wildman–Crippen LogP) is 3.96. The van der Waals surface area contributed by atoms with E-state index in [4.69, 9.17) is 4.74 Å². The van der Waals surface area contributed by atoms with Crippen LogP contribution in [0.1, 0.15) is 48.8 Å². The third-order valence-electron chi connectivity index (χ3n) is 6.84. The summed E-state index contributed by atoms with van der Waals surface area (Å²) in [6.07, 6.45) is 6.25. The van der Waals surface area contributed by atoms with Gasteiger partial charge in [-0.25, -0.2) is 0 Å². The summed E-state index contributed by atoms with van der Waals surface area (Å²) in [4.78, 5) is 0. The summed E-state index contributed by atoms with van der Waals surface area (Å²) < 4.78 is 5.69. The molecule has 0 radical (unpaired) electrons. The van der Waals surface area contributed by atoms with E-state index in [1.165, 1.54) is 36.8 Å². The highest BCUT2D eigenvalue weighted by molar-refractivity contribution is 5.49. The van der Waals surface area contributed by atoms with Gasteiger partial charge >= 0.3 is 0 Å². The molecular formula is C19H26O2. The summed E-state index contributed by atoms with van der Waals surface area (Å²) in [6.45, 7) is 4.21. The quantitative estimate of drug-likeness (QED) is 0.892. The van der Waals surface area contributed by atoms with Crippen LogP contribution in [-0.4, -0.2) is 12.2 Å². The minimum Gasteiger partial charge on any atom is -0.496 e. The van der Waals surface area contributed by atoms with Gasteiger partial charge in [-0.3, -0.25) is 0 Å². The Morgan fingerprint density at radius 1 is 1.19 bits per heavy atom. The lowest BCUT2D eigenvalue weighted by Crippen LogP contribution is -2.39. The third kappa shape index (κ3) is 1.69. The Bertz CT molecular complexity index is 579. The van der Waals surface area contributed by atoms with Gasteiger partial charge in [0.1, 0.15) is 5.75 Å². The van der Waals surface area contributed by atoms with Gasteiger partial charge in [0.2, 0.25) is 0 Å². The van der Waals surface area contributed by atoms with Crippen molar-refractivity contribution in [3.8, 4) is 5.75 Å². The van der Waals surface area contributed by atoms with Crippen molar-refractivity contribution < 1.29 is 9.84 Å². The van der Waals surface area contributed by atoms with E-state index in [2.05, 4.69) is 26.0 Å². The van der Waals surface area contributed by atoms with Gasteiger partial charge < -0.3 is 9.84 Å². The molecule has 2 bridgehead atoms. The molecule has 5 unspecified atom stereocenters. The van der Waals surface area contributed by atoms with Crippen LogP contribution in [0.15, 0.2) is 12.1 Å². The number of fused-ring (bicyclic) bond motifs is 5. The second kappa shape index (κ2) is 4.49. The van der Waals surface area contributed by atoms with E-state index in [0.29, 0.717) is 5.92 Å². The predicted molar refractivity (Wildman–Crippen MR) is 83.4 cm³/mol. The first-order chi connectivity index (χ1) is 10.1. The Kier molecular flexibility index (Phi) is 2.91. The number of benzene rings is 1. The normalized spacial score (nSPS) is 40.6. The van der Waals surface area contributed by atoms with Gasteiger partial charge in [-0.1, -0.05) is 18.6 Å².